The van der Waals surface area contributed by atoms with E-state index in [1.54, 1.807) is 11.0 Å². The molecule has 1 aromatic carbocycles. The van der Waals surface area contributed by atoms with Gasteiger partial charge in [0.25, 0.3) is 0 Å². The second-order valence-corrected chi connectivity index (χ2v) is 11.4. The zero-order valence-corrected chi connectivity index (χ0v) is 19.1. The Morgan fingerprint density at radius 1 is 1.14 bits per heavy atom. The van der Waals surface area contributed by atoms with Crippen molar-refractivity contribution in [1.82, 2.24) is 4.90 Å². The van der Waals surface area contributed by atoms with Crippen LogP contribution in [0.1, 0.15) is 51.0 Å². The molecule has 0 radical (unpaired) electrons. The zero-order chi connectivity index (χ0) is 20.8. The van der Waals surface area contributed by atoms with E-state index in [9.17, 15) is 18.0 Å². The van der Waals surface area contributed by atoms with Gasteiger partial charge in [-0.25, -0.2) is 8.42 Å². The summed E-state index contributed by atoms with van der Waals surface area (Å²) < 4.78 is 27.2. The molecule has 158 valence electrons. The lowest BCUT2D eigenvalue weighted by molar-refractivity contribution is -0.134. The van der Waals surface area contributed by atoms with Crippen LogP contribution in [0.15, 0.2) is 21.5 Å². The molecular weight excluding hydrogens is 456 g/mol. The Hall–Kier alpha value is -1.41. The average molecular weight is 483 g/mol. The van der Waals surface area contributed by atoms with E-state index in [1.165, 1.54) is 0 Å². The van der Waals surface area contributed by atoms with Gasteiger partial charge in [0, 0.05) is 35.9 Å². The van der Waals surface area contributed by atoms with Gasteiger partial charge in [0.1, 0.15) is 0 Å². The minimum Gasteiger partial charge on any atom is -0.340 e. The minimum absolute atomic E-state index is 0.0233. The highest BCUT2D eigenvalue weighted by atomic mass is 79.9. The van der Waals surface area contributed by atoms with Gasteiger partial charge in [0.15, 0.2) is 9.84 Å². The number of sulfone groups is 1. The molecule has 8 heteroatoms. The molecule has 2 heterocycles. The van der Waals surface area contributed by atoms with Crippen molar-refractivity contribution in [2.45, 2.75) is 62.8 Å². The van der Waals surface area contributed by atoms with Crippen LogP contribution in [0.3, 0.4) is 0 Å². The van der Waals surface area contributed by atoms with Crippen LogP contribution in [-0.2, 0) is 25.8 Å². The number of piperidine rings is 1. The number of carbonyl (C=O) groups is 2. The van der Waals surface area contributed by atoms with Gasteiger partial charge in [-0.1, -0.05) is 15.9 Å². The lowest BCUT2D eigenvalue weighted by Crippen LogP contribution is -2.42. The Bertz CT molecular complexity index is 942. The number of anilines is 1. The Balaban J connectivity index is 1.57. The van der Waals surface area contributed by atoms with Crippen LogP contribution in [0.25, 0.3) is 0 Å². The predicted octanol–water partition coefficient (Wildman–Crippen LogP) is 3.31. The summed E-state index contributed by atoms with van der Waals surface area (Å²) in [4.78, 5) is 29.0. The molecule has 2 fully saturated rings. The molecule has 6 nitrogen and oxygen atoms in total. The fourth-order valence-corrected chi connectivity index (χ4v) is 6.58. The largest absolute Gasteiger partial charge is 0.340 e. The molecule has 2 aliphatic heterocycles. The van der Waals surface area contributed by atoms with E-state index in [0.29, 0.717) is 29.7 Å². The maximum absolute atomic E-state index is 13.2. The van der Waals surface area contributed by atoms with Gasteiger partial charge < -0.3 is 9.80 Å². The van der Waals surface area contributed by atoms with Crippen LogP contribution in [0.2, 0.25) is 0 Å². The number of hydrogen-bond donors (Lipinski definition) is 0. The molecule has 0 bridgehead atoms. The van der Waals surface area contributed by atoms with E-state index < -0.39 is 9.84 Å². The topological polar surface area (TPSA) is 74.8 Å². The smallest absolute Gasteiger partial charge is 0.230 e. The molecule has 1 saturated carbocycles. The Labute approximate surface area is 180 Å². The standard InChI is InChI=1S/C21H27BrN2O4S/c1-14-4-2-3-9-23(14)19(25)8-11-29(27,28)18-13-17(22)12-16-7-10-24(20(16)18)21(26)15-5-6-15/h12-15H,2-11H2,1H3/t14-/m1/s1. The van der Waals surface area contributed by atoms with Gasteiger partial charge in [-0.15, -0.1) is 0 Å². The summed E-state index contributed by atoms with van der Waals surface area (Å²) in [5, 5.41) is 0. The maximum Gasteiger partial charge on any atom is 0.230 e. The average Bonchev–Trinajstić information content (AvgIpc) is 3.45. The molecular formula is C21H27BrN2O4S. The van der Waals surface area contributed by atoms with Crippen molar-refractivity contribution in [3.63, 3.8) is 0 Å². The number of halogens is 1. The van der Waals surface area contributed by atoms with Crippen LogP contribution in [0, 0.1) is 5.92 Å². The Kier molecular flexibility index (Phi) is 5.77. The lowest BCUT2D eigenvalue weighted by atomic mass is 10.0. The number of benzene rings is 1. The van der Waals surface area contributed by atoms with E-state index in [4.69, 9.17) is 0 Å². The number of likely N-dealkylation sites (tertiary alicyclic amines) is 1. The number of hydrogen-bond acceptors (Lipinski definition) is 4. The first kappa shape index (κ1) is 20.8. The summed E-state index contributed by atoms with van der Waals surface area (Å²) in [6.07, 6.45) is 5.44. The molecule has 1 atom stereocenters. The normalized spacial score (nSPS) is 21.9. The first-order chi connectivity index (χ1) is 13.8. The monoisotopic (exact) mass is 482 g/mol. The third-order valence-corrected chi connectivity index (χ3v) is 8.41. The Morgan fingerprint density at radius 3 is 2.59 bits per heavy atom. The van der Waals surface area contributed by atoms with Crippen molar-refractivity contribution >= 4 is 43.3 Å². The molecule has 0 unspecified atom stereocenters. The summed E-state index contributed by atoms with van der Waals surface area (Å²) in [5.74, 6) is -0.273. The highest BCUT2D eigenvalue weighted by Crippen LogP contribution is 2.41. The summed E-state index contributed by atoms with van der Waals surface area (Å²) in [7, 11) is -3.70. The van der Waals surface area contributed by atoms with Crippen molar-refractivity contribution in [3.8, 4) is 0 Å². The molecule has 29 heavy (non-hydrogen) atoms. The molecule has 1 aromatic rings. The highest BCUT2D eigenvalue weighted by molar-refractivity contribution is 9.10. The van der Waals surface area contributed by atoms with E-state index in [-0.39, 0.29) is 40.8 Å². The van der Waals surface area contributed by atoms with E-state index in [0.717, 1.165) is 37.7 Å². The van der Waals surface area contributed by atoms with Crippen LogP contribution in [-0.4, -0.2) is 50.0 Å². The fourth-order valence-electron chi connectivity index (χ4n) is 4.42. The van der Waals surface area contributed by atoms with Crippen molar-refractivity contribution in [2.24, 2.45) is 5.92 Å². The molecule has 1 saturated heterocycles. The van der Waals surface area contributed by atoms with Gasteiger partial charge in [0.2, 0.25) is 11.8 Å². The summed E-state index contributed by atoms with van der Waals surface area (Å²) in [5.41, 5.74) is 1.41. The molecule has 0 spiro atoms. The molecule has 0 aromatic heterocycles. The quantitative estimate of drug-likeness (QED) is 0.644. The Morgan fingerprint density at radius 2 is 1.90 bits per heavy atom. The van der Waals surface area contributed by atoms with Crippen molar-refractivity contribution in [1.29, 1.82) is 0 Å². The first-order valence-corrected chi connectivity index (χ1v) is 12.9. The molecule has 1 aliphatic carbocycles. The third kappa shape index (κ3) is 4.24. The molecule has 2 amide bonds. The van der Waals surface area contributed by atoms with Gasteiger partial charge in [-0.2, -0.15) is 0 Å². The lowest BCUT2D eigenvalue weighted by Gasteiger charge is -2.33. The zero-order valence-electron chi connectivity index (χ0n) is 16.7. The second kappa shape index (κ2) is 8.02. The number of rotatable bonds is 5. The summed E-state index contributed by atoms with van der Waals surface area (Å²) in [6, 6.07) is 3.65. The minimum atomic E-state index is -3.70. The summed E-state index contributed by atoms with van der Waals surface area (Å²) in [6.45, 7) is 3.25. The fraction of sp³-hybridized carbons (Fsp3) is 0.619. The van der Waals surface area contributed by atoms with Crippen molar-refractivity contribution < 1.29 is 18.0 Å². The van der Waals surface area contributed by atoms with Gasteiger partial charge in [-0.05, 0) is 63.1 Å². The van der Waals surface area contributed by atoms with Gasteiger partial charge in [0.05, 0.1) is 16.3 Å². The second-order valence-electron chi connectivity index (χ2n) is 8.43. The highest BCUT2D eigenvalue weighted by Gasteiger charge is 2.39. The van der Waals surface area contributed by atoms with Crippen LogP contribution in [0.5, 0.6) is 0 Å². The molecule has 0 N–H and O–H groups in total. The number of amides is 2. The predicted molar refractivity (Wildman–Crippen MR) is 115 cm³/mol. The molecule has 3 aliphatic rings. The summed E-state index contributed by atoms with van der Waals surface area (Å²) >= 11 is 3.41. The van der Waals surface area contributed by atoms with Crippen molar-refractivity contribution in [3.05, 3.63) is 22.2 Å². The van der Waals surface area contributed by atoms with Crippen LogP contribution >= 0.6 is 15.9 Å². The number of carbonyl (C=O) groups excluding carboxylic acids is 2. The van der Waals surface area contributed by atoms with E-state index in [2.05, 4.69) is 15.9 Å². The third-order valence-electron chi connectivity index (χ3n) is 6.23. The maximum atomic E-state index is 13.2. The van der Waals surface area contributed by atoms with E-state index in [1.807, 2.05) is 17.9 Å². The SMILES string of the molecule is C[C@@H]1CCCCN1C(=O)CCS(=O)(=O)c1cc(Br)cc2c1N(C(=O)C1CC1)CC2. The first-order valence-electron chi connectivity index (χ1n) is 10.4. The van der Waals surface area contributed by atoms with Gasteiger partial charge >= 0.3 is 0 Å². The van der Waals surface area contributed by atoms with Crippen molar-refractivity contribution in [2.75, 3.05) is 23.7 Å². The van der Waals surface area contributed by atoms with Crippen LogP contribution < -0.4 is 4.90 Å². The number of nitrogens with zero attached hydrogens (tertiary/aromatic N) is 2. The van der Waals surface area contributed by atoms with Crippen LogP contribution in [0.4, 0.5) is 5.69 Å². The molecule has 4 rings (SSSR count). The van der Waals surface area contributed by atoms with Gasteiger partial charge in [-0.3, -0.25) is 9.59 Å². The van der Waals surface area contributed by atoms with E-state index >= 15 is 0 Å². The number of fused-ring (bicyclic) bond motifs is 1.